The number of carbonyl (C=O) groups is 1. The third-order valence-electron chi connectivity index (χ3n) is 2.62. The minimum absolute atomic E-state index is 0.0408. The van der Waals surface area contributed by atoms with Crippen molar-refractivity contribution in [2.75, 3.05) is 5.75 Å². The lowest BCUT2D eigenvalue weighted by molar-refractivity contribution is -0.116. The van der Waals surface area contributed by atoms with E-state index in [1.807, 2.05) is 36.5 Å². The molecule has 3 rings (SSSR count). The molecule has 1 fully saturated rings. The molecule has 1 aromatic carbocycles. The zero-order valence-corrected chi connectivity index (χ0v) is 11.2. The minimum atomic E-state index is -0.0408. The summed E-state index contributed by atoms with van der Waals surface area (Å²) in [7, 11) is 0. The molecule has 7 heteroatoms. The molecule has 2 aromatic rings. The van der Waals surface area contributed by atoms with Gasteiger partial charge in [-0.05, 0) is 12.1 Å². The Kier molecular flexibility index (Phi) is 3.60. The molecular weight excluding hydrogens is 274 g/mol. The first kappa shape index (κ1) is 12.6. The molecule has 0 bridgehead atoms. The average molecular weight is 285 g/mol. The van der Waals surface area contributed by atoms with E-state index < -0.39 is 0 Å². The van der Waals surface area contributed by atoms with Gasteiger partial charge < -0.3 is 5.32 Å². The molecule has 0 spiro atoms. The van der Waals surface area contributed by atoms with Crippen molar-refractivity contribution in [3.8, 4) is 5.69 Å². The van der Waals surface area contributed by atoms with Gasteiger partial charge in [-0.1, -0.05) is 30.0 Å². The highest BCUT2D eigenvalue weighted by Crippen LogP contribution is 2.12. The molecule has 0 aliphatic carbocycles. The van der Waals surface area contributed by atoms with Crippen molar-refractivity contribution in [1.29, 1.82) is 0 Å². The van der Waals surface area contributed by atoms with Gasteiger partial charge in [-0.2, -0.15) is 10.2 Å². The Labute approximate surface area is 119 Å². The third kappa shape index (κ3) is 2.77. The number of nitrogens with one attached hydrogen (secondary N) is 1. The summed E-state index contributed by atoms with van der Waals surface area (Å²) in [6.07, 6.45) is 5.24. The monoisotopic (exact) mass is 285 g/mol. The molecule has 1 aliphatic rings. The number of para-hydroxylation sites is 1. The maximum Gasteiger partial charge on any atom is 0.236 e. The summed E-state index contributed by atoms with van der Waals surface area (Å²) in [5.41, 5.74) is 1.82. The summed E-state index contributed by atoms with van der Waals surface area (Å²) in [6.45, 7) is 0. The van der Waals surface area contributed by atoms with E-state index >= 15 is 0 Å². The van der Waals surface area contributed by atoms with Crippen molar-refractivity contribution < 1.29 is 4.79 Å². The fourth-order valence-corrected chi connectivity index (χ4v) is 2.37. The first-order valence-electron chi connectivity index (χ1n) is 5.95. The highest BCUT2D eigenvalue weighted by atomic mass is 32.2. The van der Waals surface area contributed by atoms with Crippen LogP contribution in [0.15, 0.2) is 52.9 Å². The van der Waals surface area contributed by atoms with Gasteiger partial charge in [0.2, 0.25) is 5.91 Å². The van der Waals surface area contributed by atoms with Crippen molar-refractivity contribution in [3.63, 3.8) is 0 Å². The van der Waals surface area contributed by atoms with Crippen molar-refractivity contribution in [3.05, 3.63) is 48.3 Å². The summed E-state index contributed by atoms with van der Waals surface area (Å²) >= 11 is 1.35. The van der Waals surface area contributed by atoms with E-state index in [1.165, 1.54) is 11.8 Å². The van der Waals surface area contributed by atoms with Crippen LogP contribution in [0.25, 0.3) is 5.69 Å². The number of amides is 1. The average Bonchev–Trinajstić information content (AvgIpc) is 3.11. The second-order valence-electron chi connectivity index (χ2n) is 4.00. The van der Waals surface area contributed by atoms with Crippen LogP contribution >= 0.6 is 11.8 Å². The van der Waals surface area contributed by atoms with E-state index in [-0.39, 0.29) is 5.91 Å². The predicted octanol–water partition coefficient (Wildman–Crippen LogP) is 1.43. The maximum absolute atomic E-state index is 11.0. The Morgan fingerprint density at radius 1 is 1.35 bits per heavy atom. The second-order valence-corrected chi connectivity index (χ2v) is 4.96. The first-order chi connectivity index (χ1) is 9.83. The summed E-state index contributed by atoms with van der Waals surface area (Å²) in [5.74, 6) is 0.360. The molecule has 0 saturated carbocycles. The largest absolute Gasteiger partial charge is 0.303 e. The zero-order valence-electron chi connectivity index (χ0n) is 10.4. The van der Waals surface area contributed by atoms with Crippen LogP contribution in [0.2, 0.25) is 0 Å². The van der Waals surface area contributed by atoms with Gasteiger partial charge >= 0.3 is 0 Å². The van der Waals surface area contributed by atoms with Crippen LogP contribution in [0.4, 0.5) is 0 Å². The second kappa shape index (κ2) is 5.70. The number of amidine groups is 1. The van der Waals surface area contributed by atoms with Gasteiger partial charge in [-0.25, -0.2) is 4.68 Å². The molecular formula is C13H11N5OS. The predicted molar refractivity (Wildman–Crippen MR) is 79.2 cm³/mol. The van der Waals surface area contributed by atoms with Gasteiger partial charge in [-0.3, -0.25) is 4.79 Å². The van der Waals surface area contributed by atoms with Gasteiger partial charge in [-0.15, -0.1) is 5.10 Å². The van der Waals surface area contributed by atoms with E-state index in [1.54, 1.807) is 17.1 Å². The number of nitrogens with zero attached hydrogens (tertiary/aromatic N) is 4. The molecule has 0 radical (unpaired) electrons. The van der Waals surface area contributed by atoms with Crippen LogP contribution in [0.1, 0.15) is 5.56 Å². The third-order valence-corrected chi connectivity index (χ3v) is 3.48. The lowest BCUT2D eigenvalue weighted by atomic mass is 10.2. The molecule has 2 heterocycles. The number of rotatable bonds is 3. The number of benzene rings is 1. The van der Waals surface area contributed by atoms with Crippen molar-refractivity contribution in [1.82, 2.24) is 15.1 Å². The molecule has 6 nitrogen and oxygen atoms in total. The van der Waals surface area contributed by atoms with Gasteiger partial charge in [0.15, 0.2) is 5.17 Å². The number of aromatic nitrogens is 2. The van der Waals surface area contributed by atoms with Crippen molar-refractivity contribution in [2.45, 2.75) is 0 Å². The number of hydrogen-bond acceptors (Lipinski definition) is 5. The number of carbonyl (C=O) groups excluding carboxylic acids is 1. The smallest absolute Gasteiger partial charge is 0.236 e. The molecule has 1 amide bonds. The summed E-state index contributed by atoms with van der Waals surface area (Å²) in [6, 6.07) is 9.61. The number of hydrogen-bond donors (Lipinski definition) is 1. The Hall–Kier alpha value is -2.41. The van der Waals surface area contributed by atoms with E-state index in [0.29, 0.717) is 10.9 Å². The van der Waals surface area contributed by atoms with E-state index in [0.717, 1.165) is 11.3 Å². The van der Waals surface area contributed by atoms with Crippen LogP contribution in [0.3, 0.4) is 0 Å². The van der Waals surface area contributed by atoms with Crippen LogP contribution in [0.5, 0.6) is 0 Å². The molecule has 20 heavy (non-hydrogen) atoms. The van der Waals surface area contributed by atoms with Gasteiger partial charge in [0, 0.05) is 18.0 Å². The lowest BCUT2D eigenvalue weighted by Crippen LogP contribution is -2.19. The minimum Gasteiger partial charge on any atom is -0.303 e. The Balaban J connectivity index is 1.83. The standard InChI is InChI=1S/C13H11N5OS/c19-12-9-20-13(16-12)17-14-8-10-4-1-2-5-11(10)18-7-3-6-15-18/h1-8H,9H2,(H,16,17,19). The Morgan fingerprint density at radius 2 is 2.25 bits per heavy atom. The highest BCUT2D eigenvalue weighted by Gasteiger charge is 2.15. The van der Waals surface area contributed by atoms with E-state index in [4.69, 9.17) is 0 Å². The molecule has 1 aromatic heterocycles. The van der Waals surface area contributed by atoms with Crippen LogP contribution < -0.4 is 5.32 Å². The van der Waals surface area contributed by atoms with Gasteiger partial charge in [0.1, 0.15) is 0 Å². The van der Waals surface area contributed by atoms with Crippen molar-refractivity contribution >= 4 is 29.1 Å². The summed E-state index contributed by atoms with van der Waals surface area (Å²) in [5, 5.41) is 15.3. The van der Waals surface area contributed by atoms with E-state index in [9.17, 15) is 4.79 Å². The van der Waals surface area contributed by atoms with Gasteiger partial charge in [0.05, 0.1) is 17.7 Å². The maximum atomic E-state index is 11.0. The van der Waals surface area contributed by atoms with Crippen LogP contribution in [-0.2, 0) is 4.79 Å². The van der Waals surface area contributed by atoms with E-state index in [2.05, 4.69) is 20.6 Å². The lowest BCUT2D eigenvalue weighted by Gasteiger charge is -2.04. The van der Waals surface area contributed by atoms with Gasteiger partial charge in [0.25, 0.3) is 0 Å². The van der Waals surface area contributed by atoms with Crippen LogP contribution in [0, 0.1) is 0 Å². The normalized spacial score (nSPS) is 17.0. The molecule has 0 unspecified atom stereocenters. The fraction of sp³-hybridized carbons (Fsp3) is 0.0769. The highest BCUT2D eigenvalue weighted by molar-refractivity contribution is 8.15. The topological polar surface area (TPSA) is 71.6 Å². The summed E-state index contributed by atoms with van der Waals surface area (Å²) in [4.78, 5) is 11.0. The number of thioether (sulfide) groups is 1. The fourth-order valence-electron chi connectivity index (χ4n) is 1.74. The SMILES string of the molecule is O=C1CSC(=NN=Cc2ccccc2-n2cccn2)N1. The molecule has 1 N–H and O–H groups in total. The molecule has 0 atom stereocenters. The quantitative estimate of drug-likeness (QED) is 0.685. The Bertz CT molecular complexity index is 678. The van der Waals surface area contributed by atoms with Crippen molar-refractivity contribution in [2.24, 2.45) is 10.2 Å². The molecule has 1 saturated heterocycles. The summed E-state index contributed by atoms with van der Waals surface area (Å²) < 4.78 is 1.76. The molecule has 1 aliphatic heterocycles. The van der Waals surface area contributed by atoms with Crippen LogP contribution in [-0.4, -0.2) is 32.8 Å². The Morgan fingerprint density at radius 3 is 3.00 bits per heavy atom. The molecule has 100 valence electrons. The zero-order chi connectivity index (χ0) is 13.8. The first-order valence-corrected chi connectivity index (χ1v) is 6.94.